The number of carbonyl (C=O) groups is 1. The molecule has 0 aromatic rings. The maximum Gasteiger partial charge on any atom is 0.309 e. The largest absolute Gasteiger partial charge is 0.466 e. The summed E-state index contributed by atoms with van der Waals surface area (Å²) in [5.41, 5.74) is 0. The monoisotopic (exact) mass is 243 g/mol. The molecule has 0 bridgehead atoms. The quantitative estimate of drug-likeness (QED) is 0.689. The van der Waals surface area contributed by atoms with Gasteiger partial charge in [0, 0.05) is 19.1 Å². The van der Waals surface area contributed by atoms with Crippen LogP contribution in [0.25, 0.3) is 0 Å². The Kier molecular flexibility index (Phi) is 5.92. The van der Waals surface area contributed by atoms with Gasteiger partial charge in [-0.1, -0.05) is 13.8 Å². The molecule has 1 heterocycles. The van der Waals surface area contributed by atoms with Gasteiger partial charge in [-0.2, -0.15) is 0 Å². The molecule has 0 spiro atoms. The van der Waals surface area contributed by atoms with Gasteiger partial charge in [-0.3, -0.25) is 9.69 Å². The summed E-state index contributed by atoms with van der Waals surface area (Å²) < 4.78 is 10.7. The second-order valence-corrected chi connectivity index (χ2v) is 4.81. The van der Waals surface area contributed by atoms with E-state index in [1.165, 1.54) is 0 Å². The van der Waals surface area contributed by atoms with E-state index in [0.717, 1.165) is 26.1 Å². The lowest BCUT2D eigenvalue weighted by Gasteiger charge is -2.39. The molecule has 1 fully saturated rings. The zero-order valence-corrected chi connectivity index (χ0v) is 11.4. The van der Waals surface area contributed by atoms with Crippen LogP contribution in [0.1, 0.15) is 34.1 Å². The lowest BCUT2D eigenvalue weighted by atomic mass is 10.1. The minimum absolute atomic E-state index is 0.0608. The van der Waals surface area contributed by atoms with Gasteiger partial charge in [0.25, 0.3) is 0 Å². The third kappa shape index (κ3) is 4.28. The van der Waals surface area contributed by atoms with Crippen LogP contribution in [-0.4, -0.2) is 49.3 Å². The van der Waals surface area contributed by atoms with Gasteiger partial charge in [-0.25, -0.2) is 0 Å². The molecular formula is C13H25NO3. The number of esters is 1. The van der Waals surface area contributed by atoms with Crippen LogP contribution in [0.3, 0.4) is 0 Å². The van der Waals surface area contributed by atoms with Crippen molar-refractivity contribution in [1.29, 1.82) is 0 Å². The van der Waals surface area contributed by atoms with Gasteiger partial charge in [0.15, 0.2) is 0 Å². The summed E-state index contributed by atoms with van der Waals surface area (Å²) in [5, 5.41) is 0. The van der Waals surface area contributed by atoms with Crippen LogP contribution in [-0.2, 0) is 14.3 Å². The van der Waals surface area contributed by atoms with E-state index in [9.17, 15) is 4.79 Å². The molecule has 4 nitrogen and oxygen atoms in total. The molecule has 100 valence electrons. The predicted molar refractivity (Wildman–Crippen MR) is 66.9 cm³/mol. The zero-order chi connectivity index (χ0) is 12.8. The Morgan fingerprint density at radius 2 is 2.24 bits per heavy atom. The van der Waals surface area contributed by atoms with Crippen LogP contribution in [0.2, 0.25) is 0 Å². The van der Waals surface area contributed by atoms with Gasteiger partial charge in [0.1, 0.15) is 0 Å². The Morgan fingerprint density at radius 1 is 1.53 bits per heavy atom. The Hall–Kier alpha value is -0.610. The minimum Gasteiger partial charge on any atom is -0.466 e. The van der Waals surface area contributed by atoms with Crippen molar-refractivity contribution >= 4 is 5.97 Å². The predicted octanol–water partition coefficient (Wildman–Crippen LogP) is 1.68. The molecule has 0 aliphatic carbocycles. The highest BCUT2D eigenvalue weighted by molar-refractivity contribution is 5.72. The second-order valence-electron chi connectivity index (χ2n) is 4.81. The molecular weight excluding hydrogens is 218 g/mol. The molecule has 1 aliphatic rings. The summed E-state index contributed by atoms with van der Waals surface area (Å²) in [6.07, 6.45) is 1.31. The van der Waals surface area contributed by atoms with Crippen LogP contribution in [0.15, 0.2) is 0 Å². The molecule has 3 unspecified atom stereocenters. The fourth-order valence-corrected chi connectivity index (χ4v) is 2.22. The smallest absolute Gasteiger partial charge is 0.309 e. The van der Waals surface area contributed by atoms with Gasteiger partial charge in [0.2, 0.25) is 0 Å². The number of rotatable bonds is 5. The molecule has 1 rings (SSSR count). The second kappa shape index (κ2) is 6.97. The number of ether oxygens (including phenoxy) is 2. The zero-order valence-electron chi connectivity index (χ0n) is 11.4. The summed E-state index contributed by atoms with van der Waals surface area (Å²) in [6, 6.07) is 0.433. The van der Waals surface area contributed by atoms with E-state index in [1.54, 1.807) is 0 Å². The molecule has 0 radical (unpaired) electrons. The van der Waals surface area contributed by atoms with Crippen molar-refractivity contribution in [3.05, 3.63) is 0 Å². The summed E-state index contributed by atoms with van der Waals surface area (Å²) in [5.74, 6) is -0.157. The first-order valence-corrected chi connectivity index (χ1v) is 6.60. The fourth-order valence-electron chi connectivity index (χ4n) is 2.22. The van der Waals surface area contributed by atoms with Crippen molar-refractivity contribution < 1.29 is 14.3 Å². The summed E-state index contributed by atoms with van der Waals surface area (Å²) in [6.45, 7) is 10.9. The van der Waals surface area contributed by atoms with E-state index in [2.05, 4.69) is 18.7 Å². The topological polar surface area (TPSA) is 38.8 Å². The molecule has 0 aromatic carbocycles. The van der Waals surface area contributed by atoms with Crippen LogP contribution in [0.4, 0.5) is 0 Å². The van der Waals surface area contributed by atoms with Gasteiger partial charge < -0.3 is 9.47 Å². The molecule has 4 heteroatoms. The molecule has 1 aliphatic heterocycles. The Morgan fingerprint density at radius 3 is 2.82 bits per heavy atom. The van der Waals surface area contributed by atoms with E-state index in [4.69, 9.17) is 9.47 Å². The lowest BCUT2D eigenvalue weighted by molar-refractivity contribution is -0.149. The van der Waals surface area contributed by atoms with E-state index in [0.29, 0.717) is 12.6 Å². The van der Waals surface area contributed by atoms with Gasteiger partial charge >= 0.3 is 5.97 Å². The molecule has 0 amide bonds. The normalized spacial score (nSPS) is 27.8. The summed E-state index contributed by atoms with van der Waals surface area (Å²) >= 11 is 0. The first-order valence-electron chi connectivity index (χ1n) is 6.60. The first-order chi connectivity index (χ1) is 8.08. The third-order valence-corrected chi connectivity index (χ3v) is 3.25. The van der Waals surface area contributed by atoms with Gasteiger partial charge in [0.05, 0.1) is 25.2 Å². The number of hydrogen-bond donors (Lipinski definition) is 0. The average molecular weight is 243 g/mol. The number of carbonyl (C=O) groups excluding carboxylic acids is 1. The maximum absolute atomic E-state index is 11.6. The van der Waals surface area contributed by atoms with Crippen LogP contribution in [0.5, 0.6) is 0 Å². The van der Waals surface area contributed by atoms with Crippen molar-refractivity contribution in [3.63, 3.8) is 0 Å². The van der Waals surface area contributed by atoms with Gasteiger partial charge in [-0.15, -0.1) is 0 Å². The average Bonchev–Trinajstić information content (AvgIpc) is 2.29. The highest BCUT2D eigenvalue weighted by Crippen LogP contribution is 2.16. The Bertz CT molecular complexity index is 245. The SMILES string of the molecule is CCOC(=O)C(C)CN1CC(C)OCC1CC. The van der Waals surface area contributed by atoms with Crippen molar-refractivity contribution in [2.45, 2.75) is 46.3 Å². The third-order valence-electron chi connectivity index (χ3n) is 3.25. The number of hydrogen-bond acceptors (Lipinski definition) is 4. The van der Waals surface area contributed by atoms with Crippen LogP contribution >= 0.6 is 0 Å². The fraction of sp³-hybridized carbons (Fsp3) is 0.923. The van der Waals surface area contributed by atoms with E-state index in [1.807, 2.05) is 13.8 Å². The summed E-state index contributed by atoms with van der Waals surface area (Å²) in [7, 11) is 0. The molecule has 0 saturated carbocycles. The minimum atomic E-state index is -0.0958. The van der Waals surface area contributed by atoms with Crippen LogP contribution in [0, 0.1) is 5.92 Å². The molecule has 1 saturated heterocycles. The van der Waals surface area contributed by atoms with Crippen LogP contribution < -0.4 is 0 Å². The number of nitrogens with zero attached hydrogens (tertiary/aromatic N) is 1. The standard InChI is InChI=1S/C13H25NO3/c1-5-12-9-17-11(4)8-14(12)7-10(3)13(15)16-6-2/h10-12H,5-9H2,1-4H3. The Balaban J connectivity index is 2.48. The molecule has 0 N–H and O–H groups in total. The van der Waals surface area contributed by atoms with E-state index in [-0.39, 0.29) is 18.0 Å². The van der Waals surface area contributed by atoms with Crippen molar-refractivity contribution in [1.82, 2.24) is 4.90 Å². The molecule has 0 aromatic heterocycles. The molecule has 17 heavy (non-hydrogen) atoms. The number of morpholine rings is 1. The van der Waals surface area contributed by atoms with E-state index >= 15 is 0 Å². The lowest BCUT2D eigenvalue weighted by Crippen LogP contribution is -2.50. The van der Waals surface area contributed by atoms with Gasteiger partial charge in [-0.05, 0) is 20.3 Å². The van der Waals surface area contributed by atoms with Crippen molar-refractivity contribution in [2.75, 3.05) is 26.3 Å². The van der Waals surface area contributed by atoms with Crippen molar-refractivity contribution in [3.8, 4) is 0 Å². The summed E-state index contributed by atoms with van der Waals surface area (Å²) in [4.78, 5) is 14.0. The Labute approximate surface area is 104 Å². The first kappa shape index (κ1) is 14.5. The van der Waals surface area contributed by atoms with E-state index < -0.39 is 0 Å². The van der Waals surface area contributed by atoms with Crippen molar-refractivity contribution in [2.24, 2.45) is 5.92 Å². The maximum atomic E-state index is 11.6. The molecule has 3 atom stereocenters. The highest BCUT2D eigenvalue weighted by Gasteiger charge is 2.28. The highest BCUT2D eigenvalue weighted by atomic mass is 16.5.